The van der Waals surface area contributed by atoms with Crippen LogP contribution in [-0.2, 0) is 14.6 Å². The molecule has 0 aliphatic carbocycles. The molecule has 0 fully saturated rings. The molecule has 0 radical (unpaired) electrons. The Morgan fingerprint density at radius 2 is 2.04 bits per heavy atom. The highest BCUT2D eigenvalue weighted by Gasteiger charge is 2.19. The molecule has 1 amide bonds. The van der Waals surface area contributed by atoms with Gasteiger partial charge in [-0.15, -0.1) is 11.3 Å². The van der Waals surface area contributed by atoms with Gasteiger partial charge in [0.25, 0.3) is 0 Å². The molecule has 0 aliphatic rings. The number of thiazole rings is 1. The van der Waals surface area contributed by atoms with Gasteiger partial charge in [0.1, 0.15) is 5.75 Å². The first-order chi connectivity index (χ1) is 11.2. The van der Waals surface area contributed by atoms with E-state index in [2.05, 4.69) is 10.3 Å². The third-order valence-corrected chi connectivity index (χ3v) is 6.09. The predicted octanol–water partition coefficient (Wildman–Crippen LogP) is 4.13. The van der Waals surface area contributed by atoms with Crippen LogP contribution in [0.3, 0.4) is 0 Å². The molecule has 0 spiro atoms. The number of amides is 1. The molecule has 130 valence electrons. The van der Waals surface area contributed by atoms with Gasteiger partial charge < -0.3 is 5.32 Å². The van der Waals surface area contributed by atoms with Crippen molar-refractivity contribution < 1.29 is 13.2 Å². The fraction of sp³-hybridized carbons (Fsp3) is 0.333. The number of rotatable bonds is 6. The number of aromatic nitrogens is 1. The van der Waals surface area contributed by atoms with Gasteiger partial charge in [-0.2, -0.15) is 0 Å². The Hall–Kier alpha value is -1.15. The highest BCUT2D eigenvalue weighted by Crippen LogP contribution is 2.32. The lowest BCUT2D eigenvalue weighted by molar-refractivity contribution is -0.113. The van der Waals surface area contributed by atoms with E-state index in [0.29, 0.717) is 26.4 Å². The van der Waals surface area contributed by atoms with E-state index in [1.54, 1.807) is 37.4 Å². The van der Waals surface area contributed by atoms with Crippen molar-refractivity contribution in [1.29, 1.82) is 0 Å². The maximum Gasteiger partial charge on any atom is 0.241 e. The Labute approximate surface area is 154 Å². The van der Waals surface area contributed by atoms with Crippen molar-refractivity contribution >= 4 is 55.4 Å². The van der Waals surface area contributed by atoms with E-state index >= 15 is 0 Å². The normalized spacial score (nSPS) is 11.7. The summed E-state index contributed by atoms with van der Waals surface area (Å²) in [7, 11) is -3.43. The van der Waals surface area contributed by atoms with Gasteiger partial charge in [0.15, 0.2) is 15.0 Å². The average molecular weight is 407 g/mol. The number of halogens is 2. The fourth-order valence-corrected chi connectivity index (χ4v) is 4.79. The summed E-state index contributed by atoms with van der Waals surface area (Å²) < 4.78 is 23.7. The lowest BCUT2D eigenvalue weighted by atomic mass is 10.2. The number of carbonyl (C=O) groups is 1. The van der Waals surface area contributed by atoms with Crippen molar-refractivity contribution in [3.05, 3.63) is 33.6 Å². The van der Waals surface area contributed by atoms with E-state index in [9.17, 15) is 13.2 Å². The second-order valence-electron chi connectivity index (χ2n) is 5.66. The summed E-state index contributed by atoms with van der Waals surface area (Å²) in [4.78, 5) is 16.2. The van der Waals surface area contributed by atoms with E-state index < -0.39 is 21.5 Å². The summed E-state index contributed by atoms with van der Waals surface area (Å²) in [5.74, 6) is -1.22. The molecule has 0 saturated carbocycles. The minimum absolute atomic E-state index is 0.0261. The number of anilines is 1. The second-order valence-corrected chi connectivity index (χ2v) is 9.47. The second kappa shape index (κ2) is 7.82. The summed E-state index contributed by atoms with van der Waals surface area (Å²) in [6.45, 7) is 3.58. The maximum absolute atomic E-state index is 11.9. The largest absolute Gasteiger partial charge is 0.301 e. The topological polar surface area (TPSA) is 76.1 Å². The van der Waals surface area contributed by atoms with Crippen LogP contribution >= 0.6 is 34.5 Å². The number of benzene rings is 1. The lowest BCUT2D eigenvalue weighted by Crippen LogP contribution is -2.26. The van der Waals surface area contributed by atoms with E-state index in [1.165, 1.54) is 11.3 Å². The molecule has 0 aliphatic heterocycles. The summed E-state index contributed by atoms with van der Waals surface area (Å²) in [6.07, 6.45) is 0. The zero-order valence-electron chi connectivity index (χ0n) is 13.0. The van der Waals surface area contributed by atoms with E-state index in [1.807, 2.05) is 0 Å². The first kappa shape index (κ1) is 19.2. The number of carbonyl (C=O) groups excluding carboxylic acids is 1. The van der Waals surface area contributed by atoms with Crippen molar-refractivity contribution in [2.45, 2.75) is 13.8 Å². The van der Waals surface area contributed by atoms with Gasteiger partial charge in [-0.05, 0) is 24.1 Å². The van der Waals surface area contributed by atoms with Crippen molar-refractivity contribution in [3.8, 4) is 11.3 Å². The molecule has 0 unspecified atom stereocenters. The first-order valence-corrected chi connectivity index (χ1v) is 10.5. The molecule has 9 heteroatoms. The van der Waals surface area contributed by atoms with Crippen molar-refractivity contribution in [1.82, 2.24) is 4.98 Å². The first-order valence-electron chi connectivity index (χ1n) is 7.07. The van der Waals surface area contributed by atoms with Crippen molar-refractivity contribution in [2.75, 3.05) is 16.8 Å². The third kappa shape index (κ3) is 5.44. The SMILES string of the molecule is CC(C)CS(=O)(=O)CC(=O)Nc1nc(-c2cc(Cl)ccc2Cl)cs1. The average Bonchev–Trinajstić information content (AvgIpc) is 2.87. The molecule has 1 N–H and O–H groups in total. The number of sulfone groups is 1. The molecule has 0 atom stereocenters. The Morgan fingerprint density at radius 1 is 1.33 bits per heavy atom. The van der Waals surface area contributed by atoms with Crippen LogP contribution in [0.4, 0.5) is 5.13 Å². The third-order valence-electron chi connectivity index (χ3n) is 2.89. The molecule has 24 heavy (non-hydrogen) atoms. The molecule has 2 rings (SSSR count). The number of nitrogens with one attached hydrogen (secondary N) is 1. The molecule has 1 aromatic heterocycles. The number of hydrogen-bond acceptors (Lipinski definition) is 5. The van der Waals surface area contributed by atoms with Crippen LogP contribution < -0.4 is 5.32 Å². The van der Waals surface area contributed by atoms with Gasteiger partial charge in [0.05, 0.1) is 16.5 Å². The van der Waals surface area contributed by atoms with Crippen LogP contribution in [0.5, 0.6) is 0 Å². The van der Waals surface area contributed by atoms with Crippen LogP contribution in [0, 0.1) is 5.92 Å². The maximum atomic E-state index is 11.9. The standard InChI is InChI=1S/C15H16Cl2N2O3S2/c1-9(2)7-24(21,22)8-14(20)19-15-18-13(6-23-15)11-5-10(16)3-4-12(11)17/h3-6,9H,7-8H2,1-2H3,(H,18,19,20). The number of hydrogen-bond donors (Lipinski definition) is 1. The van der Waals surface area contributed by atoms with E-state index in [-0.39, 0.29) is 11.7 Å². The highest BCUT2D eigenvalue weighted by atomic mass is 35.5. The zero-order valence-corrected chi connectivity index (χ0v) is 16.2. The summed E-state index contributed by atoms with van der Waals surface area (Å²) in [5.41, 5.74) is 1.21. The van der Waals surface area contributed by atoms with Gasteiger partial charge in [-0.3, -0.25) is 4.79 Å². The minimum atomic E-state index is -3.43. The molecule has 1 aromatic carbocycles. The lowest BCUT2D eigenvalue weighted by Gasteiger charge is -2.06. The van der Waals surface area contributed by atoms with Gasteiger partial charge in [0, 0.05) is 16.0 Å². The molecular weight excluding hydrogens is 391 g/mol. The van der Waals surface area contributed by atoms with Gasteiger partial charge >= 0.3 is 0 Å². The van der Waals surface area contributed by atoms with Crippen LogP contribution in [0.25, 0.3) is 11.3 Å². The minimum Gasteiger partial charge on any atom is -0.301 e. The Bertz CT molecular complexity index is 848. The monoisotopic (exact) mass is 406 g/mol. The summed E-state index contributed by atoms with van der Waals surface area (Å²) >= 11 is 13.3. The summed E-state index contributed by atoms with van der Waals surface area (Å²) in [5, 5.41) is 5.55. The molecule has 0 bridgehead atoms. The van der Waals surface area contributed by atoms with Crippen LogP contribution in [0.2, 0.25) is 10.0 Å². The van der Waals surface area contributed by atoms with Crippen molar-refractivity contribution in [3.63, 3.8) is 0 Å². The Morgan fingerprint density at radius 3 is 2.71 bits per heavy atom. The molecule has 0 saturated heterocycles. The zero-order chi connectivity index (χ0) is 17.9. The fourth-order valence-electron chi connectivity index (χ4n) is 2.07. The number of nitrogens with zero attached hydrogens (tertiary/aromatic N) is 1. The van der Waals surface area contributed by atoms with Crippen LogP contribution in [0.15, 0.2) is 23.6 Å². The van der Waals surface area contributed by atoms with Gasteiger partial charge in [-0.25, -0.2) is 13.4 Å². The highest BCUT2D eigenvalue weighted by molar-refractivity contribution is 7.92. The van der Waals surface area contributed by atoms with Crippen molar-refractivity contribution in [2.24, 2.45) is 5.92 Å². The van der Waals surface area contributed by atoms with E-state index in [0.717, 1.165) is 0 Å². The molecule has 2 aromatic rings. The predicted molar refractivity (Wildman–Crippen MR) is 99.7 cm³/mol. The van der Waals surface area contributed by atoms with Gasteiger partial charge in [0.2, 0.25) is 5.91 Å². The quantitative estimate of drug-likeness (QED) is 0.782. The van der Waals surface area contributed by atoms with E-state index in [4.69, 9.17) is 23.2 Å². The Kier molecular flexibility index (Phi) is 6.25. The van der Waals surface area contributed by atoms with Gasteiger partial charge in [-0.1, -0.05) is 37.0 Å². The molecular formula is C15H16Cl2N2O3S2. The van der Waals surface area contributed by atoms with Crippen LogP contribution in [-0.4, -0.2) is 30.8 Å². The molecule has 1 heterocycles. The molecule has 5 nitrogen and oxygen atoms in total. The summed E-state index contributed by atoms with van der Waals surface area (Å²) in [6, 6.07) is 5.01. The smallest absolute Gasteiger partial charge is 0.241 e. The van der Waals surface area contributed by atoms with Crippen LogP contribution in [0.1, 0.15) is 13.8 Å². The Balaban J connectivity index is 2.09.